The highest BCUT2D eigenvalue weighted by Crippen LogP contribution is 2.31. The molecule has 1 aromatic carbocycles. The van der Waals surface area contributed by atoms with Crippen LogP contribution in [-0.4, -0.2) is 10.2 Å². The van der Waals surface area contributed by atoms with Gasteiger partial charge in [0.15, 0.2) is 0 Å². The van der Waals surface area contributed by atoms with Gasteiger partial charge in [-0.3, -0.25) is 0 Å². The molecule has 1 aromatic rings. The Hall–Kier alpha value is -1.18. The molecule has 0 aromatic heterocycles. The third kappa shape index (κ3) is 4.29. The highest BCUT2D eigenvalue weighted by atomic mass is 16.3. The SMILES string of the molecule is CCCCCc1c(O)cc(CCCC)cc1O. The van der Waals surface area contributed by atoms with Gasteiger partial charge in [0.1, 0.15) is 11.5 Å². The van der Waals surface area contributed by atoms with Crippen LogP contribution in [0.3, 0.4) is 0 Å². The van der Waals surface area contributed by atoms with E-state index in [1.807, 2.05) is 0 Å². The molecular weight excluding hydrogens is 212 g/mol. The Balaban J connectivity index is 2.72. The lowest BCUT2D eigenvalue weighted by Gasteiger charge is -2.10. The molecule has 0 saturated carbocycles. The third-order valence-electron chi connectivity index (χ3n) is 3.11. The van der Waals surface area contributed by atoms with E-state index in [1.54, 1.807) is 12.1 Å². The minimum absolute atomic E-state index is 0.257. The first-order valence-electron chi connectivity index (χ1n) is 6.72. The van der Waals surface area contributed by atoms with Crippen molar-refractivity contribution in [1.29, 1.82) is 0 Å². The van der Waals surface area contributed by atoms with E-state index in [1.165, 1.54) is 0 Å². The number of rotatable bonds is 7. The predicted octanol–water partition coefficient (Wildman–Crippen LogP) is 4.17. The van der Waals surface area contributed by atoms with Gasteiger partial charge in [0.2, 0.25) is 0 Å². The van der Waals surface area contributed by atoms with Gasteiger partial charge < -0.3 is 10.2 Å². The van der Waals surface area contributed by atoms with Crippen molar-refractivity contribution < 1.29 is 10.2 Å². The summed E-state index contributed by atoms with van der Waals surface area (Å²) >= 11 is 0. The van der Waals surface area contributed by atoms with Crippen molar-refractivity contribution in [2.45, 2.75) is 58.8 Å². The first-order valence-corrected chi connectivity index (χ1v) is 6.72. The molecule has 0 saturated heterocycles. The zero-order valence-corrected chi connectivity index (χ0v) is 11.0. The Labute approximate surface area is 104 Å². The lowest BCUT2D eigenvalue weighted by molar-refractivity contribution is 0.434. The van der Waals surface area contributed by atoms with Crippen molar-refractivity contribution in [3.05, 3.63) is 23.3 Å². The van der Waals surface area contributed by atoms with Crippen LogP contribution < -0.4 is 0 Å². The van der Waals surface area contributed by atoms with Crippen molar-refractivity contribution in [2.75, 3.05) is 0 Å². The molecule has 2 nitrogen and oxygen atoms in total. The number of unbranched alkanes of at least 4 members (excludes halogenated alkanes) is 3. The number of benzene rings is 1. The van der Waals surface area contributed by atoms with Crippen LogP contribution in [0.4, 0.5) is 0 Å². The van der Waals surface area contributed by atoms with E-state index in [-0.39, 0.29) is 11.5 Å². The van der Waals surface area contributed by atoms with Crippen molar-refractivity contribution in [2.24, 2.45) is 0 Å². The van der Waals surface area contributed by atoms with Crippen LogP contribution >= 0.6 is 0 Å². The molecule has 0 spiro atoms. The van der Waals surface area contributed by atoms with Gasteiger partial charge in [0, 0.05) is 5.56 Å². The Morgan fingerprint density at radius 2 is 1.41 bits per heavy atom. The number of aryl methyl sites for hydroxylation is 1. The van der Waals surface area contributed by atoms with Crippen LogP contribution in [0.2, 0.25) is 0 Å². The summed E-state index contributed by atoms with van der Waals surface area (Å²) in [5, 5.41) is 19.8. The summed E-state index contributed by atoms with van der Waals surface area (Å²) < 4.78 is 0. The van der Waals surface area contributed by atoms with E-state index in [2.05, 4.69) is 13.8 Å². The van der Waals surface area contributed by atoms with E-state index in [4.69, 9.17) is 0 Å². The summed E-state index contributed by atoms with van der Waals surface area (Å²) in [4.78, 5) is 0. The van der Waals surface area contributed by atoms with E-state index < -0.39 is 0 Å². The van der Waals surface area contributed by atoms with Crippen LogP contribution in [-0.2, 0) is 12.8 Å². The number of hydrogen-bond donors (Lipinski definition) is 2. The van der Waals surface area contributed by atoms with Crippen LogP contribution in [0.1, 0.15) is 57.1 Å². The van der Waals surface area contributed by atoms with Gasteiger partial charge >= 0.3 is 0 Å². The number of phenols is 2. The fourth-order valence-corrected chi connectivity index (χ4v) is 2.03. The van der Waals surface area contributed by atoms with Gasteiger partial charge in [-0.25, -0.2) is 0 Å². The second-order valence-electron chi connectivity index (χ2n) is 4.67. The van der Waals surface area contributed by atoms with E-state index in [9.17, 15) is 10.2 Å². The Kier molecular flexibility index (Phi) is 5.88. The standard InChI is InChI=1S/C15H24O2/c1-3-5-7-9-13-14(16)10-12(8-6-4-2)11-15(13)17/h10-11,16-17H,3-9H2,1-2H3. The maximum absolute atomic E-state index is 9.91. The molecule has 0 amide bonds. The van der Waals surface area contributed by atoms with Crippen molar-refractivity contribution >= 4 is 0 Å². The molecule has 0 bridgehead atoms. The first-order chi connectivity index (χ1) is 8.19. The van der Waals surface area contributed by atoms with Crippen LogP contribution in [0.15, 0.2) is 12.1 Å². The summed E-state index contributed by atoms with van der Waals surface area (Å²) in [5.41, 5.74) is 1.74. The summed E-state index contributed by atoms with van der Waals surface area (Å²) in [5.74, 6) is 0.513. The lowest BCUT2D eigenvalue weighted by Crippen LogP contribution is -1.91. The molecule has 0 heterocycles. The minimum Gasteiger partial charge on any atom is -0.508 e. The molecule has 0 aliphatic heterocycles. The van der Waals surface area contributed by atoms with Crippen molar-refractivity contribution in [3.63, 3.8) is 0 Å². The molecule has 0 aliphatic rings. The van der Waals surface area contributed by atoms with Crippen LogP contribution in [0, 0.1) is 0 Å². The Morgan fingerprint density at radius 3 is 1.94 bits per heavy atom. The number of hydrogen-bond acceptors (Lipinski definition) is 2. The molecule has 96 valence electrons. The average Bonchev–Trinajstić information content (AvgIpc) is 2.30. The zero-order valence-electron chi connectivity index (χ0n) is 11.0. The average molecular weight is 236 g/mol. The van der Waals surface area contributed by atoms with Gasteiger partial charge in [0.25, 0.3) is 0 Å². The summed E-state index contributed by atoms with van der Waals surface area (Å²) in [7, 11) is 0. The monoisotopic (exact) mass is 236 g/mol. The minimum atomic E-state index is 0.257. The zero-order chi connectivity index (χ0) is 12.7. The number of aromatic hydroxyl groups is 2. The molecule has 2 N–H and O–H groups in total. The first kappa shape index (κ1) is 13.9. The van der Waals surface area contributed by atoms with Gasteiger partial charge in [-0.2, -0.15) is 0 Å². The van der Waals surface area contributed by atoms with Crippen molar-refractivity contribution in [3.8, 4) is 11.5 Å². The fourth-order valence-electron chi connectivity index (χ4n) is 2.03. The quantitative estimate of drug-likeness (QED) is 0.697. The molecule has 2 heteroatoms. The van der Waals surface area contributed by atoms with E-state index >= 15 is 0 Å². The van der Waals surface area contributed by atoms with Crippen LogP contribution in [0.25, 0.3) is 0 Å². The Morgan fingerprint density at radius 1 is 0.824 bits per heavy atom. The molecule has 0 radical (unpaired) electrons. The molecular formula is C15H24O2. The topological polar surface area (TPSA) is 40.5 Å². The largest absolute Gasteiger partial charge is 0.508 e. The smallest absolute Gasteiger partial charge is 0.122 e. The molecule has 0 unspecified atom stereocenters. The maximum atomic E-state index is 9.91. The van der Waals surface area contributed by atoms with Gasteiger partial charge in [-0.15, -0.1) is 0 Å². The molecule has 0 aliphatic carbocycles. The molecule has 0 fully saturated rings. The maximum Gasteiger partial charge on any atom is 0.122 e. The van der Waals surface area contributed by atoms with Gasteiger partial charge in [-0.05, 0) is 43.4 Å². The summed E-state index contributed by atoms with van der Waals surface area (Å²) in [6.07, 6.45) is 7.21. The summed E-state index contributed by atoms with van der Waals surface area (Å²) in [6, 6.07) is 3.60. The number of phenolic OH excluding ortho intramolecular Hbond substituents is 2. The second kappa shape index (κ2) is 7.21. The normalized spacial score (nSPS) is 10.7. The predicted molar refractivity (Wildman–Crippen MR) is 71.6 cm³/mol. The second-order valence-corrected chi connectivity index (χ2v) is 4.67. The molecule has 1 rings (SSSR count). The molecule has 17 heavy (non-hydrogen) atoms. The van der Waals surface area contributed by atoms with Crippen molar-refractivity contribution in [1.82, 2.24) is 0 Å². The molecule has 0 atom stereocenters. The summed E-state index contributed by atoms with van der Waals surface area (Å²) in [6.45, 7) is 4.28. The van der Waals surface area contributed by atoms with Crippen LogP contribution in [0.5, 0.6) is 11.5 Å². The van der Waals surface area contributed by atoms with Gasteiger partial charge in [-0.1, -0.05) is 33.1 Å². The van der Waals surface area contributed by atoms with E-state index in [0.717, 1.165) is 50.5 Å². The lowest BCUT2D eigenvalue weighted by atomic mass is 10.0. The van der Waals surface area contributed by atoms with Gasteiger partial charge in [0.05, 0.1) is 0 Å². The van der Waals surface area contributed by atoms with E-state index in [0.29, 0.717) is 5.56 Å². The highest BCUT2D eigenvalue weighted by molar-refractivity contribution is 5.46. The Bertz CT molecular complexity index is 322. The highest BCUT2D eigenvalue weighted by Gasteiger charge is 2.09. The fraction of sp³-hybridized carbons (Fsp3) is 0.600. The third-order valence-corrected chi connectivity index (χ3v) is 3.11.